The van der Waals surface area contributed by atoms with Gasteiger partial charge in [-0.15, -0.1) is 0 Å². The molecule has 0 radical (unpaired) electrons. The van der Waals surface area contributed by atoms with E-state index < -0.39 is 5.97 Å². The van der Waals surface area contributed by atoms with Gasteiger partial charge < -0.3 is 23.9 Å². The van der Waals surface area contributed by atoms with Gasteiger partial charge in [0.05, 0.1) is 25.4 Å². The highest BCUT2D eigenvalue weighted by molar-refractivity contribution is 6.10. The fraction of sp³-hybridized carbons (Fsp3) is 0.318. The predicted octanol–water partition coefficient (Wildman–Crippen LogP) is 2.40. The molecule has 3 aromatic rings. The molecule has 2 heterocycles. The van der Waals surface area contributed by atoms with Gasteiger partial charge >= 0.3 is 5.97 Å². The topological polar surface area (TPSA) is 73.3 Å². The molecule has 0 atom stereocenters. The Labute approximate surface area is 163 Å². The molecule has 4 rings (SSSR count). The molecule has 1 saturated heterocycles. The summed E-state index contributed by atoms with van der Waals surface area (Å²) in [5, 5.41) is 11.3. The molecule has 2 N–H and O–H groups in total. The van der Waals surface area contributed by atoms with E-state index in [0.717, 1.165) is 18.7 Å². The molecule has 6 nitrogen and oxygen atoms in total. The number of fused-ring (bicyclic) bond motifs is 1. The number of benzene rings is 2. The first-order valence-electron chi connectivity index (χ1n) is 9.60. The average molecular weight is 382 g/mol. The number of rotatable bonds is 5. The molecule has 0 amide bonds. The van der Waals surface area contributed by atoms with E-state index in [1.165, 1.54) is 4.90 Å². The summed E-state index contributed by atoms with van der Waals surface area (Å²) < 4.78 is 16.9. The van der Waals surface area contributed by atoms with Crippen LogP contribution in [0.25, 0.3) is 22.3 Å². The lowest BCUT2D eigenvalue weighted by molar-refractivity contribution is -0.921. The van der Waals surface area contributed by atoms with E-state index >= 15 is 0 Å². The van der Waals surface area contributed by atoms with Crippen LogP contribution >= 0.6 is 0 Å². The van der Waals surface area contributed by atoms with E-state index in [-0.39, 0.29) is 12.4 Å². The van der Waals surface area contributed by atoms with Crippen molar-refractivity contribution >= 4 is 16.9 Å². The second-order valence-electron chi connectivity index (χ2n) is 6.87. The van der Waals surface area contributed by atoms with Crippen molar-refractivity contribution in [2.24, 2.45) is 0 Å². The molecule has 1 aliphatic heterocycles. The highest BCUT2D eigenvalue weighted by Crippen LogP contribution is 2.38. The number of furan rings is 1. The number of hydrogen-bond donors (Lipinski definition) is 2. The molecule has 146 valence electrons. The quantitative estimate of drug-likeness (QED) is 0.663. The first-order valence-corrected chi connectivity index (χ1v) is 9.60. The Morgan fingerprint density at radius 3 is 2.61 bits per heavy atom. The standard InChI is InChI=1S/C22H23NO5/c1-2-27-22(25)20-19-16(14-23-10-12-26-13-11-23)17(24)8-9-18(19)28-21(20)15-6-4-3-5-7-15/h3-9,24H,2,10-14H2,1H3/p+1. The SMILES string of the molecule is CCOC(=O)c1c(-c2ccccc2)oc2ccc(O)c(C[NH+]3CCOCC3)c12. The van der Waals surface area contributed by atoms with Gasteiger partial charge in [0, 0.05) is 10.9 Å². The molecule has 0 aliphatic carbocycles. The summed E-state index contributed by atoms with van der Waals surface area (Å²) in [4.78, 5) is 14.2. The second-order valence-corrected chi connectivity index (χ2v) is 6.87. The number of carbonyl (C=O) groups excluding carboxylic acids is 1. The number of phenolic OH excluding ortho intramolecular Hbond substituents is 1. The number of hydrogen-bond acceptors (Lipinski definition) is 5. The van der Waals surface area contributed by atoms with Gasteiger partial charge in [0.25, 0.3) is 0 Å². The Balaban J connectivity index is 1.90. The minimum atomic E-state index is -0.441. The van der Waals surface area contributed by atoms with Gasteiger partial charge in [-0.3, -0.25) is 0 Å². The third-order valence-corrected chi connectivity index (χ3v) is 5.08. The van der Waals surface area contributed by atoms with Crippen LogP contribution in [0.3, 0.4) is 0 Å². The molecule has 1 fully saturated rings. The number of aromatic hydroxyl groups is 1. The lowest BCUT2D eigenvalue weighted by Crippen LogP contribution is -3.12. The van der Waals surface area contributed by atoms with Gasteiger partial charge in [-0.1, -0.05) is 30.3 Å². The molecule has 0 bridgehead atoms. The normalized spacial score (nSPS) is 15.0. The second kappa shape index (κ2) is 8.04. The maximum absolute atomic E-state index is 12.9. The first kappa shape index (κ1) is 18.5. The third-order valence-electron chi connectivity index (χ3n) is 5.08. The van der Waals surface area contributed by atoms with Crippen LogP contribution in [0.4, 0.5) is 0 Å². The molecular formula is C22H24NO5+. The van der Waals surface area contributed by atoms with Crippen molar-refractivity contribution in [2.45, 2.75) is 13.5 Å². The zero-order valence-electron chi connectivity index (χ0n) is 15.9. The maximum atomic E-state index is 12.9. The predicted molar refractivity (Wildman–Crippen MR) is 104 cm³/mol. The zero-order valence-corrected chi connectivity index (χ0v) is 15.9. The summed E-state index contributed by atoms with van der Waals surface area (Å²) in [6.07, 6.45) is 0. The van der Waals surface area contributed by atoms with Gasteiger partial charge in [-0.2, -0.15) is 0 Å². The molecular weight excluding hydrogens is 358 g/mol. The molecule has 28 heavy (non-hydrogen) atoms. The van der Waals surface area contributed by atoms with Crippen LogP contribution in [-0.4, -0.2) is 44.0 Å². The van der Waals surface area contributed by atoms with Crippen molar-refractivity contribution in [1.29, 1.82) is 0 Å². The van der Waals surface area contributed by atoms with Crippen LogP contribution in [0, 0.1) is 0 Å². The van der Waals surface area contributed by atoms with Crippen molar-refractivity contribution in [3.63, 3.8) is 0 Å². The lowest BCUT2D eigenvalue weighted by atomic mass is 10.0. The molecule has 6 heteroatoms. The van der Waals surface area contributed by atoms with Gasteiger partial charge in [0.15, 0.2) is 0 Å². The monoisotopic (exact) mass is 382 g/mol. The van der Waals surface area contributed by atoms with E-state index in [1.807, 2.05) is 30.3 Å². The number of morpholine rings is 1. The number of phenols is 1. The Morgan fingerprint density at radius 1 is 1.14 bits per heavy atom. The van der Waals surface area contributed by atoms with Crippen molar-refractivity contribution in [1.82, 2.24) is 0 Å². The summed E-state index contributed by atoms with van der Waals surface area (Å²) in [6.45, 7) is 5.73. The summed E-state index contributed by atoms with van der Waals surface area (Å²) in [7, 11) is 0. The van der Waals surface area contributed by atoms with E-state index in [9.17, 15) is 9.90 Å². The van der Waals surface area contributed by atoms with E-state index in [1.54, 1.807) is 19.1 Å². The van der Waals surface area contributed by atoms with Crippen molar-refractivity contribution in [2.75, 3.05) is 32.9 Å². The van der Waals surface area contributed by atoms with Crippen LogP contribution in [0.2, 0.25) is 0 Å². The number of quaternary nitrogens is 1. The highest BCUT2D eigenvalue weighted by Gasteiger charge is 2.28. The maximum Gasteiger partial charge on any atom is 0.342 e. The van der Waals surface area contributed by atoms with E-state index in [2.05, 4.69) is 0 Å². The largest absolute Gasteiger partial charge is 0.507 e. The third kappa shape index (κ3) is 3.48. The Kier molecular flexibility index (Phi) is 5.32. The fourth-order valence-electron chi connectivity index (χ4n) is 3.71. The molecule has 2 aromatic carbocycles. The number of esters is 1. The van der Waals surface area contributed by atoms with Gasteiger partial charge in [-0.05, 0) is 19.1 Å². The van der Waals surface area contributed by atoms with E-state index in [4.69, 9.17) is 13.9 Å². The molecule has 1 aliphatic rings. The van der Waals surface area contributed by atoms with Crippen LogP contribution in [0.15, 0.2) is 46.9 Å². The van der Waals surface area contributed by atoms with Gasteiger partial charge in [-0.25, -0.2) is 4.79 Å². The molecule has 0 saturated carbocycles. The average Bonchev–Trinajstić information content (AvgIpc) is 3.12. The number of nitrogens with one attached hydrogen (secondary N) is 1. The number of carbonyl (C=O) groups is 1. The zero-order chi connectivity index (χ0) is 19.5. The van der Waals surface area contributed by atoms with Gasteiger partial charge in [0.2, 0.25) is 0 Å². The van der Waals surface area contributed by atoms with Crippen LogP contribution in [-0.2, 0) is 16.0 Å². The summed E-state index contributed by atoms with van der Waals surface area (Å²) in [5.41, 5.74) is 2.46. The minimum Gasteiger partial charge on any atom is -0.507 e. The Hall–Kier alpha value is -2.83. The van der Waals surface area contributed by atoms with Crippen LogP contribution in [0.5, 0.6) is 5.75 Å². The smallest absolute Gasteiger partial charge is 0.342 e. The van der Waals surface area contributed by atoms with Crippen molar-refractivity contribution < 1.29 is 28.7 Å². The summed E-state index contributed by atoms with van der Waals surface area (Å²) in [5.74, 6) is 0.194. The Bertz CT molecular complexity index is 974. The molecule has 0 spiro atoms. The first-order chi connectivity index (χ1) is 13.7. The van der Waals surface area contributed by atoms with Crippen molar-refractivity contribution in [3.8, 4) is 17.1 Å². The Morgan fingerprint density at radius 2 is 1.89 bits per heavy atom. The highest BCUT2D eigenvalue weighted by atomic mass is 16.5. The number of ether oxygens (including phenoxy) is 2. The summed E-state index contributed by atoms with van der Waals surface area (Å²) >= 11 is 0. The summed E-state index contributed by atoms with van der Waals surface area (Å²) in [6, 6.07) is 12.8. The van der Waals surface area contributed by atoms with Crippen molar-refractivity contribution in [3.05, 3.63) is 53.6 Å². The minimum absolute atomic E-state index is 0.164. The molecule has 0 unspecified atom stereocenters. The van der Waals surface area contributed by atoms with Crippen LogP contribution < -0.4 is 4.90 Å². The fourth-order valence-corrected chi connectivity index (χ4v) is 3.71. The lowest BCUT2D eigenvalue weighted by Gasteiger charge is -2.24. The molecule has 1 aromatic heterocycles. The van der Waals surface area contributed by atoms with E-state index in [0.29, 0.717) is 47.6 Å². The van der Waals surface area contributed by atoms with Gasteiger partial charge in [0.1, 0.15) is 42.3 Å². The van der Waals surface area contributed by atoms with Crippen LogP contribution in [0.1, 0.15) is 22.8 Å².